The molecule has 0 amide bonds. The minimum atomic E-state index is -0.410. The number of anilines is 1. The van der Waals surface area contributed by atoms with Crippen LogP contribution in [0.3, 0.4) is 0 Å². The molecule has 5 heteroatoms. The van der Waals surface area contributed by atoms with Gasteiger partial charge in [0.15, 0.2) is 11.6 Å². The summed E-state index contributed by atoms with van der Waals surface area (Å²) in [5.41, 5.74) is 2.79. The van der Waals surface area contributed by atoms with E-state index in [1.807, 2.05) is 12.1 Å². The molecule has 3 rings (SSSR count). The first-order valence-corrected chi connectivity index (χ1v) is 7.47. The minimum absolute atomic E-state index is 0.200. The van der Waals surface area contributed by atoms with Crippen molar-refractivity contribution in [2.45, 2.75) is 6.54 Å². The lowest BCUT2D eigenvalue weighted by Gasteiger charge is -2.10. The molecule has 0 radical (unpaired) electrons. The van der Waals surface area contributed by atoms with Crippen molar-refractivity contribution in [3.8, 4) is 22.6 Å². The van der Waals surface area contributed by atoms with Gasteiger partial charge < -0.3 is 15.2 Å². The highest BCUT2D eigenvalue weighted by Crippen LogP contribution is 2.29. The molecule has 24 heavy (non-hydrogen) atoms. The van der Waals surface area contributed by atoms with Gasteiger partial charge in [-0.25, -0.2) is 4.39 Å². The van der Waals surface area contributed by atoms with Gasteiger partial charge in [0.25, 0.3) is 0 Å². The smallest absolute Gasteiger partial charge is 0.172 e. The number of hydrogen-bond acceptors (Lipinski definition) is 4. The Hall–Kier alpha value is -3.08. The van der Waals surface area contributed by atoms with Crippen molar-refractivity contribution in [1.29, 1.82) is 0 Å². The zero-order chi connectivity index (χ0) is 16.9. The number of halogens is 1. The van der Waals surface area contributed by atoms with E-state index in [4.69, 9.17) is 4.74 Å². The molecule has 0 unspecified atom stereocenters. The van der Waals surface area contributed by atoms with Crippen molar-refractivity contribution < 1.29 is 14.2 Å². The lowest BCUT2D eigenvalue weighted by atomic mass is 10.1. The molecule has 4 nitrogen and oxygen atoms in total. The molecule has 0 aliphatic rings. The van der Waals surface area contributed by atoms with E-state index in [0.717, 1.165) is 11.3 Å². The van der Waals surface area contributed by atoms with E-state index in [-0.39, 0.29) is 11.5 Å². The Morgan fingerprint density at radius 1 is 1.12 bits per heavy atom. The molecule has 2 aromatic carbocycles. The second-order valence-corrected chi connectivity index (χ2v) is 5.31. The number of pyridine rings is 1. The van der Waals surface area contributed by atoms with E-state index < -0.39 is 5.82 Å². The van der Waals surface area contributed by atoms with E-state index in [2.05, 4.69) is 10.3 Å². The summed E-state index contributed by atoms with van der Waals surface area (Å²) in [6, 6.07) is 13.8. The maximum absolute atomic E-state index is 14.4. The molecular weight excluding hydrogens is 307 g/mol. The molecule has 3 aromatic rings. The molecule has 0 atom stereocenters. The average Bonchev–Trinajstić information content (AvgIpc) is 2.60. The van der Waals surface area contributed by atoms with Gasteiger partial charge in [0, 0.05) is 30.1 Å². The third-order valence-electron chi connectivity index (χ3n) is 3.64. The highest BCUT2D eigenvalue weighted by Gasteiger charge is 2.11. The second-order valence-electron chi connectivity index (χ2n) is 5.31. The van der Waals surface area contributed by atoms with Crippen LogP contribution < -0.4 is 10.1 Å². The van der Waals surface area contributed by atoms with Gasteiger partial charge in [-0.1, -0.05) is 24.3 Å². The lowest BCUT2D eigenvalue weighted by Crippen LogP contribution is -2.00. The number of hydrogen-bond donors (Lipinski definition) is 2. The number of benzene rings is 2. The number of ether oxygens (including phenoxy) is 1. The molecule has 122 valence electrons. The molecule has 0 bridgehead atoms. The summed E-state index contributed by atoms with van der Waals surface area (Å²) in [5.74, 6) is 0.0113. The Kier molecular flexibility index (Phi) is 4.61. The van der Waals surface area contributed by atoms with Crippen LogP contribution in [0.15, 0.2) is 60.9 Å². The Morgan fingerprint density at radius 3 is 2.75 bits per heavy atom. The first-order valence-electron chi connectivity index (χ1n) is 7.47. The van der Waals surface area contributed by atoms with E-state index in [1.54, 1.807) is 48.8 Å². The summed E-state index contributed by atoms with van der Waals surface area (Å²) in [6.45, 7) is 0.528. The van der Waals surface area contributed by atoms with Crippen LogP contribution >= 0.6 is 0 Å². The number of nitrogens with zero attached hydrogens (tertiary/aromatic N) is 1. The maximum Gasteiger partial charge on any atom is 0.172 e. The zero-order valence-corrected chi connectivity index (χ0v) is 13.2. The normalized spacial score (nSPS) is 10.4. The minimum Gasteiger partial charge on any atom is -0.508 e. The van der Waals surface area contributed by atoms with Gasteiger partial charge >= 0.3 is 0 Å². The number of nitrogens with one attached hydrogen (secondary N) is 1. The van der Waals surface area contributed by atoms with Crippen molar-refractivity contribution in [2.24, 2.45) is 0 Å². The van der Waals surface area contributed by atoms with Crippen LogP contribution in [0.4, 0.5) is 10.1 Å². The Bertz CT molecular complexity index is 852. The molecule has 1 aromatic heterocycles. The van der Waals surface area contributed by atoms with Crippen molar-refractivity contribution in [3.63, 3.8) is 0 Å². The Balaban J connectivity index is 1.82. The van der Waals surface area contributed by atoms with Gasteiger partial charge in [-0.05, 0) is 29.8 Å². The monoisotopic (exact) mass is 324 g/mol. The highest BCUT2D eigenvalue weighted by atomic mass is 19.1. The fourth-order valence-electron chi connectivity index (χ4n) is 2.45. The summed E-state index contributed by atoms with van der Waals surface area (Å²) in [4.78, 5) is 4.17. The predicted octanol–water partition coefficient (Wildman–Crippen LogP) is 4.21. The van der Waals surface area contributed by atoms with Crippen molar-refractivity contribution in [1.82, 2.24) is 4.98 Å². The quantitative estimate of drug-likeness (QED) is 0.738. The summed E-state index contributed by atoms with van der Waals surface area (Å²) in [6.07, 6.45) is 3.28. The summed E-state index contributed by atoms with van der Waals surface area (Å²) in [5, 5.41) is 12.7. The third kappa shape index (κ3) is 3.46. The third-order valence-corrected chi connectivity index (χ3v) is 3.64. The standard InChI is InChI=1S/C19H17FN2O2/c1-24-18-7-3-6-17(19(18)20)14-9-15(12-21-11-14)22-10-13-4-2-5-16(23)8-13/h2-9,11-12,22-23H,10H2,1H3. The van der Waals surface area contributed by atoms with E-state index in [9.17, 15) is 9.50 Å². The number of phenolic OH excluding ortho intramolecular Hbond substituents is 1. The van der Waals surface area contributed by atoms with Crippen LogP contribution in [0.5, 0.6) is 11.5 Å². The molecule has 0 fully saturated rings. The van der Waals surface area contributed by atoms with Crippen LogP contribution in [-0.2, 0) is 6.54 Å². The largest absolute Gasteiger partial charge is 0.508 e. The van der Waals surface area contributed by atoms with Crippen molar-refractivity contribution >= 4 is 5.69 Å². The van der Waals surface area contributed by atoms with Gasteiger partial charge in [-0.15, -0.1) is 0 Å². The number of aromatic hydroxyl groups is 1. The SMILES string of the molecule is COc1cccc(-c2cncc(NCc3cccc(O)c3)c2)c1F. The molecule has 1 heterocycles. The topological polar surface area (TPSA) is 54.4 Å². The van der Waals surface area contributed by atoms with Crippen LogP contribution in [0.2, 0.25) is 0 Å². The molecule has 2 N–H and O–H groups in total. The Morgan fingerprint density at radius 2 is 1.96 bits per heavy atom. The fraction of sp³-hybridized carbons (Fsp3) is 0.105. The summed E-state index contributed by atoms with van der Waals surface area (Å²) in [7, 11) is 1.44. The lowest BCUT2D eigenvalue weighted by molar-refractivity contribution is 0.387. The van der Waals surface area contributed by atoms with E-state index >= 15 is 0 Å². The van der Waals surface area contributed by atoms with Gasteiger partial charge in [-0.2, -0.15) is 0 Å². The van der Waals surface area contributed by atoms with Gasteiger partial charge in [0.05, 0.1) is 12.8 Å². The van der Waals surface area contributed by atoms with Gasteiger partial charge in [0.1, 0.15) is 5.75 Å². The Labute approximate surface area is 139 Å². The second kappa shape index (κ2) is 7.00. The van der Waals surface area contributed by atoms with Crippen LogP contribution in [0.1, 0.15) is 5.56 Å². The molecule has 0 aliphatic carbocycles. The predicted molar refractivity (Wildman–Crippen MR) is 91.6 cm³/mol. The molecule has 0 saturated heterocycles. The number of aromatic nitrogens is 1. The van der Waals surface area contributed by atoms with Crippen LogP contribution in [0.25, 0.3) is 11.1 Å². The van der Waals surface area contributed by atoms with Crippen molar-refractivity contribution in [3.05, 3.63) is 72.3 Å². The molecular formula is C19H17FN2O2. The maximum atomic E-state index is 14.4. The zero-order valence-electron chi connectivity index (χ0n) is 13.2. The average molecular weight is 324 g/mol. The van der Waals surface area contributed by atoms with Gasteiger partial charge in [0.2, 0.25) is 0 Å². The van der Waals surface area contributed by atoms with E-state index in [0.29, 0.717) is 17.7 Å². The highest BCUT2D eigenvalue weighted by molar-refractivity contribution is 5.68. The van der Waals surface area contributed by atoms with Crippen LogP contribution in [0, 0.1) is 5.82 Å². The first kappa shape index (κ1) is 15.8. The number of methoxy groups -OCH3 is 1. The fourth-order valence-corrected chi connectivity index (χ4v) is 2.45. The first-order chi connectivity index (χ1) is 11.7. The summed E-state index contributed by atoms with van der Waals surface area (Å²) < 4.78 is 19.4. The molecule has 0 saturated carbocycles. The molecule has 0 spiro atoms. The van der Waals surface area contributed by atoms with Crippen LogP contribution in [-0.4, -0.2) is 17.2 Å². The van der Waals surface area contributed by atoms with E-state index in [1.165, 1.54) is 7.11 Å². The number of rotatable bonds is 5. The van der Waals surface area contributed by atoms with Crippen molar-refractivity contribution in [2.75, 3.05) is 12.4 Å². The van der Waals surface area contributed by atoms with Gasteiger partial charge in [-0.3, -0.25) is 4.98 Å². The summed E-state index contributed by atoms with van der Waals surface area (Å²) >= 11 is 0. The number of phenols is 1. The molecule has 0 aliphatic heterocycles.